The SMILES string of the molecule is O=c1[nH]c(N2CCN(CC3CC3)CC2)nc2c1cnn2-c1ccccc1. The molecule has 2 aromatic heterocycles. The molecule has 7 heteroatoms. The number of H-pyrrole nitrogens is 1. The number of nitrogens with zero attached hydrogens (tertiary/aromatic N) is 5. The molecule has 1 saturated heterocycles. The third-order valence-electron chi connectivity index (χ3n) is 5.31. The summed E-state index contributed by atoms with van der Waals surface area (Å²) in [5.41, 5.74) is 1.38. The second-order valence-corrected chi connectivity index (χ2v) is 7.25. The lowest BCUT2D eigenvalue weighted by Crippen LogP contribution is -2.47. The summed E-state index contributed by atoms with van der Waals surface area (Å²) >= 11 is 0. The van der Waals surface area contributed by atoms with Crippen LogP contribution >= 0.6 is 0 Å². The van der Waals surface area contributed by atoms with Gasteiger partial charge in [0.2, 0.25) is 5.95 Å². The Bertz CT molecular complexity index is 967. The van der Waals surface area contributed by atoms with Gasteiger partial charge in [0.25, 0.3) is 5.56 Å². The molecule has 1 saturated carbocycles. The van der Waals surface area contributed by atoms with Crippen molar-refractivity contribution in [3.05, 3.63) is 46.9 Å². The first kappa shape index (κ1) is 15.6. The van der Waals surface area contributed by atoms with Gasteiger partial charge < -0.3 is 4.90 Å². The maximum atomic E-state index is 12.5. The fourth-order valence-corrected chi connectivity index (χ4v) is 3.62. The van der Waals surface area contributed by atoms with Crippen molar-refractivity contribution in [3.8, 4) is 5.69 Å². The van der Waals surface area contributed by atoms with Crippen LogP contribution in [0.25, 0.3) is 16.7 Å². The molecule has 0 atom stereocenters. The Hall–Kier alpha value is -2.67. The van der Waals surface area contributed by atoms with Crippen molar-refractivity contribution in [1.29, 1.82) is 0 Å². The fourth-order valence-electron chi connectivity index (χ4n) is 3.62. The van der Waals surface area contributed by atoms with Gasteiger partial charge in [0.15, 0.2) is 5.65 Å². The van der Waals surface area contributed by atoms with Crippen molar-refractivity contribution in [1.82, 2.24) is 24.6 Å². The number of aromatic nitrogens is 4. The third-order valence-corrected chi connectivity index (χ3v) is 5.31. The molecule has 0 amide bonds. The van der Waals surface area contributed by atoms with E-state index < -0.39 is 0 Å². The van der Waals surface area contributed by atoms with Crippen molar-refractivity contribution < 1.29 is 0 Å². The number of aromatic amines is 1. The molecule has 134 valence electrons. The Morgan fingerprint density at radius 3 is 2.58 bits per heavy atom. The van der Waals surface area contributed by atoms with E-state index in [1.54, 1.807) is 10.9 Å². The highest BCUT2D eigenvalue weighted by Crippen LogP contribution is 2.30. The van der Waals surface area contributed by atoms with Crippen LogP contribution in [-0.2, 0) is 0 Å². The minimum atomic E-state index is -0.132. The number of anilines is 1. The molecule has 1 aliphatic carbocycles. The highest BCUT2D eigenvalue weighted by Gasteiger charge is 2.27. The quantitative estimate of drug-likeness (QED) is 0.775. The zero-order valence-corrected chi connectivity index (χ0v) is 14.6. The maximum Gasteiger partial charge on any atom is 0.263 e. The molecular weight excluding hydrogens is 328 g/mol. The standard InChI is InChI=1S/C19H22N6O/c26-18-16-12-20-25(15-4-2-1-3-5-15)17(16)21-19(22-18)24-10-8-23(9-11-24)13-14-6-7-14/h1-5,12,14H,6-11,13H2,(H,21,22,26). The Balaban J connectivity index is 1.44. The summed E-state index contributed by atoms with van der Waals surface area (Å²) in [5.74, 6) is 1.56. The van der Waals surface area contributed by atoms with Crippen LogP contribution in [0.5, 0.6) is 0 Å². The molecule has 2 aliphatic rings. The van der Waals surface area contributed by atoms with Crippen LogP contribution in [0.1, 0.15) is 12.8 Å². The molecular formula is C19H22N6O. The molecule has 1 aliphatic heterocycles. The second-order valence-electron chi connectivity index (χ2n) is 7.25. The zero-order chi connectivity index (χ0) is 17.5. The minimum absolute atomic E-state index is 0.132. The summed E-state index contributed by atoms with van der Waals surface area (Å²) in [6, 6.07) is 9.80. The van der Waals surface area contributed by atoms with E-state index in [2.05, 4.69) is 19.9 Å². The molecule has 0 spiro atoms. The molecule has 3 heterocycles. The normalized spacial score (nSPS) is 18.5. The van der Waals surface area contributed by atoms with Gasteiger partial charge >= 0.3 is 0 Å². The maximum absolute atomic E-state index is 12.5. The zero-order valence-electron chi connectivity index (χ0n) is 14.6. The van der Waals surface area contributed by atoms with E-state index >= 15 is 0 Å². The first-order valence-corrected chi connectivity index (χ1v) is 9.29. The van der Waals surface area contributed by atoms with E-state index in [-0.39, 0.29) is 5.56 Å². The summed E-state index contributed by atoms with van der Waals surface area (Å²) in [6.07, 6.45) is 4.36. The number of nitrogens with one attached hydrogen (secondary N) is 1. The number of piperazine rings is 1. The van der Waals surface area contributed by atoms with Crippen LogP contribution in [0.15, 0.2) is 41.3 Å². The number of benzene rings is 1. The van der Waals surface area contributed by atoms with Gasteiger partial charge in [-0.15, -0.1) is 0 Å². The van der Waals surface area contributed by atoms with E-state index in [1.165, 1.54) is 19.4 Å². The van der Waals surface area contributed by atoms with E-state index in [9.17, 15) is 4.79 Å². The molecule has 0 bridgehead atoms. The summed E-state index contributed by atoms with van der Waals surface area (Å²) in [6.45, 7) is 5.05. The molecule has 0 unspecified atom stereocenters. The predicted octanol–water partition coefficient (Wildman–Crippen LogP) is 1.64. The predicted molar refractivity (Wildman–Crippen MR) is 101 cm³/mol. The van der Waals surface area contributed by atoms with Crippen LogP contribution < -0.4 is 10.5 Å². The number of rotatable bonds is 4. The van der Waals surface area contributed by atoms with Crippen molar-refractivity contribution in [2.75, 3.05) is 37.6 Å². The monoisotopic (exact) mass is 350 g/mol. The highest BCUT2D eigenvalue weighted by atomic mass is 16.1. The number of hydrogen-bond acceptors (Lipinski definition) is 5. The number of para-hydroxylation sites is 1. The lowest BCUT2D eigenvalue weighted by molar-refractivity contribution is 0.247. The van der Waals surface area contributed by atoms with Gasteiger partial charge in [0.1, 0.15) is 5.39 Å². The highest BCUT2D eigenvalue weighted by molar-refractivity contribution is 5.76. The lowest BCUT2D eigenvalue weighted by Gasteiger charge is -2.35. The summed E-state index contributed by atoms with van der Waals surface area (Å²) < 4.78 is 1.73. The molecule has 0 radical (unpaired) electrons. The first-order chi connectivity index (χ1) is 12.8. The van der Waals surface area contributed by atoms with E-state index in [4.69, 9.17) is 4.98 Å². The molecule has 2 fully saturated rings. The second kappa shape index (κ2) is 6.25. The Kier molecular flexibility index (Phi) is 3.74. The van der Waals surface area contributed by atoms with E-state index in [0.717, 1.165) is 37.8 Å². The molecule has 5 rings (SSSR count). The lowest BCUT2D eigenvalue weighted by atomic mass is 10.3. The largest absolute Gasteiger partial charge is 0.340 e. The Labute approximate surface area is 151 Å². The number of fused-ring (bicyclic) bond motifs is 1. The summed E-state index contributed by atoms with van der Waals surface area (Å²) in [4.78, 5) is 24.9. The van der Waals surface area contributed by atoms with Gasteiger partial charge in [-0.2, -0.15) is 10.1 Å². The molecule has 1 aromatic carbocycles. The van der Waals surface area contributed by atoms with E-state index in [1.807, 2.05) is 30.3 Å². The Morgan fingerprint density at radius 1 is 1.08 bits per heavy atom. The van der Waals surface area contributed by atoms with Gasteiger partial charge in [-0.3, -0.25) is 14.7 Å². The topological polar surface area (TPSA) is 70.1 Å². The minimum Gasteiger partial charge on any atom is -0.340 e. The van der Waals surface area contributed by atoms with Crippen molar-refractivity contribution in [2.45, 2.75) is 12.8 Å². The van der Waals surface area contributed by atoms with Crippen molar-refractivity contribution in [2.24, 2.45) is 5.92 Å². The van der Waals surface area contributed by atoms with Gasteiger partial charge in [-0.25, -0.2) is 4.68 Å². The third kappa shape index (κ3) is 2.88. The van der Waals surface area contributed by atoms with E-state index in [0.29, 0.717) is 17.0 Å². The summed E-state index contributed by atoms with van der Waals surface area (Å²) in [7, 11) is 0. The number of hydrogen-bond donors (Lipinski definition) is 1. The van der Waals surface area contributed by atoms with Gasteiger partial charge in [0, 0.05) is 32.7 Å². The smallest absolute Gasteiger partial charge is 0.263 e. The first-order valence-electron chi connectivity index (χ1n) is 9.29. The molecule has 7 nitrogen and oxygen atoms in total. The summed E-state index contributed by atoms with van der Waals surface area (Å²) in [5, 5.41) is 4.89. The Morgan fingerprint density at radius 2 is 1.85 bits per heavy atom. The average molecular weight is 350 g/mol. The van der Waals surface area contributed by atoms with Gasteiger partial charge in [0.05, 0.1) is 11.9 Å². The van der Waals surface area contributed by atoms with Gasteiger partial charge in [-0.05, 0) is 30.9 Å². The van der Waals surface area contributed by atoms with Crippen molar-refractivity contribution in [3.63, 3.8) is 0 Å². The molecule has 1 N–H and O–H groups in total. The fraction of sp³-hybridized carbons (Fsp3) is 0.421. The molecule has 26 heavy (non-hydrogen) atoms. The van der Waals surface area contributed by atoms with Crippen LogP contribution in [-0.4, -0.2) is 57.4 Å². The molecule has 3 aromatic rings. The van der Waals surface area contributed by atoms with Gasteiger partial charge in [-0.1, -0.05) is 18.2 Å². The van der Waals surface area contributed by atoms with Crippen LogP contribution in [0.2, 0.25) is 0 Å². The van der Waals surface area contributed by atoms with Crippen LogP contribution in [0.3, 0.4) is 0 Å². The van der Waals surface area contributed by atoms with Crippen molar-refractivity contribution >= 4 is 17.0 Å². The average Bonchev–Trinajstić information content (AvgIpc) is 3.38. The van der Waals surface area contributed by atoms with Crippen LogP contribution in [0.4, 0.5) is 5.95 Å². The van der Waals surface area contributed by atoms with Crippen LogP contribution in [0, 0.1) is 5.92 Å².